The largest absolute Gasteiger partial charge is 0.326 e. The van der Waals surface area contributed by atoms with Gasteiger partial charge in [0.05, 0.1) is 0 Å². The number of aromatic nitrogens is 2. The Bertz CT molecular complexity index is 792. The van der Waals surface area contributed by atoms with E-state index in [-0.39, 0.29) is 12.1 Å². The zero-order valence-electron chi connectivity index (χ0n) is 10.3. The molecule has 3 N–H and O–H groups in total. The molecule has 1 heterocycles. The Morgan fingerprint density at radius 3 is 2.63 bits per heavy atom. The summed E-state index contributed by atoms with van der Waals surface area (Å²) in [5, 5.41) is 2.28. The van der Waals surface area contributed by atoms with Gasteiger partial charge in [0.25, 0.3) is 5.56 Å². The van der Waals surface area contributed by atoms with E-state index in [9.17, 15) is 4.79 Å². The lowest BCUT2D eigenvalue weighted by Crippen LogP contribution is -2.17. The van der Waals surface area contributed by atoms with E-state index in [0.29, 0.717) is 11.4 Å². The molecule has 3 aromatic rings. The van der Waals surface area contributed by atoms with Crippen LogP contribution in [0.5, 0.6) is 0 Å². The average molecular weight is 251 g/mol. The van der Waals surface area contributed by atoms with Crippen LogP contribution >= 0.6 is 0 Å². The predicted octanol–water partition coefficient (Wildman–Crippen LogP) is 2.05. The molecule has 0 atom stereocenters. The molecule has 0 aliphatic carbocycles. The van der Waals surface area contributed by atoms with Crippen molar-refractivity contribution in [3.05, 3.63) is 64.6 Å². The first-order chi connectivity index (χ1) is 9.28. The van der Waals surface area contributed by atoms with Crippen LogP contribution in [0.25, 0.3) is 22.2 Å². The zero-order valence-corrected chi connectivity index (χ0v) is 10.3. The summed E-state index contributed by atoms with van der Waals surface area (Å²) in [6, 6.07) is 14.0. The minimum absolute atomic E-state index is 0.180. The number of nitrogens with two attached hydrogens (primary N) is 1. The Balaban J connectivity index is 2.13. The van der Waals surface area contributed by atoms with E-state index in [0.717, 1.165) is 16.3 Å². The van der Waals surface area contributed by atoms with Crippen LogP contribution in [0.4, 0.5) is 0 Å². The van der Waals surface area contributed by atoms with Crippen LogP contribution in [0.3, 0.4) is 0 Å². The SMILES string of the molecule is NCc1cnc(-c2ccc3ccccc3c2)[nH]c1=O. The predicted molar refractivity (Wildman–Crippen MR) is 75.7 cm³/mol. The Kier molecular flexibility index (Phi) is 2.85. The van der Waals surface area contributed by atoms with E-state index in [1.807, 2.05) is 42.5 Å². The standard InChI is InChI=1S/C15H13N3O/c16-8-13-9-17-14(18-15(13)19)12-6-5-10-3-1-2-4-11(10)7-12/h1-7,9H,8,16H2,(H,17,18,19). The molecule has 0 saturated heterocycles. The molecule has 2 aromatic carbocycles. The lowest BCUT2D eigenvalue weighted by Gasteiger charge is -2.04. The third-order valence-corrected chi connectivity index (χ3v) is 3.12. The first-order valence-corrected chi connectivity index (χ1v) is 6.05. The number of rotatable bonds is 2. The van der Waals surface area contributed by atoms with Crippen LogP contribution < -0.4 is 11.3 Å². The van der Waals surface area contributed by atoms with Crippen LogP contribution in [-0.4, -0.2) is 9.97 Å². The molecule has 0 bridgehead atoms. The molecule has 0 aliphatic heterocycles. The number of fused-ring (bicyclic) bond motifs is 1. The summed E-state index contributed by atoms with van der Waals surface area (Å²) in [6.45, 7) is 0.195. The fourth-order valence-electron chi connectivity index (χ4n) is 2.05. The van der Waals surface area contributed by atoms with Gasteiger partial charge < -0.3 is 10.7 Å². The minimum atomic E-state index is -0.180. The fourth-order valence-corrected chi connectivity index (χ4v) is 2.05. The van der Waals surface area contributed by atoms with E-state index in [2.05, 4.69) is 9.97 Å². The van der Waals surface area contributed by atoms with Gasteiger partial charge in [-0.2, -0.15) is 0 Å². The first-order valence-electron chi connectivity index (χ1n) is 6.05. The van der Waals surface area contributed by atoms with Crippen LogP contribution in [0.2, 0.25) is 0 Å². The molecule has 0 unspecified atom stereocenters. The molecule has 0 saturated carbocycles. The van der Waals surface area contributed by atoms with Crippen molar-refractivity contribution >= 4 is 10.8 Å². The molecule has 4 nitrogen and oxygen atoms in total. The second kappa shape index (κ2) is 4.66. The van der Waals surface area contributed by atoms with E-state index in [1.54, 1.807) is 0 Å². The smallest absolute Gasteiger partial charge is 0.255 e. The first kappa shape index (κ1) is 11.6. The van der Waals surface area contributed by atoms with Crippen LogP contribution in [0, 0.1) is 0 Å². The third-order valence-electron chi connectivity index (χ3n) is 3.12. The topological polar surface area (TPSA) is 71.8 Å². The normalized spacial score (nSPS) is 10.8. The van der Waals surface area contributed by atoms with Crippen molar-refractivity contribution in [2.24, 2.45) is 5.73 Å². The number of nitrogens with one attached hydrogen (secondary N) is 1. The molecule has 0 amide bonds. The summed E-state index contributed by atoms with van der Waals surface area (Å²) >= 11 is 0. The fraction of sp³-hybridized carbons (Fsp3) is 0.0667. The number of hydrogen-bond donors (Lipinski definition) is 2. The van der Waals surface area contributed by atoms with Gasteiger partial charge >= 0.3 is 0 Å². The molecule has 0 fully saturated rings. The summed E-state index contributed by atoms with van der Waals surface area (Å²) in [4.78, 5) is 18.7. The Morgan fingerprint density at radius 1 is 1.11 bits per heavy atom. The van der Waals surface area contributed by atoms with Crippen molar-refractivity contribution in [1.29, 1.82) is 0 Å². The van der Waals surface area contributed by atoms with E-state index >= 15 is 0 Å². The van der Waals surface area contributed by atoms with Crippen molar-refractivity contribution in [2.75, 3.05) is 0 Å². The highest BCUT2D eigenvalue weighted by Crippen LogP contribution is 2.21. The van der Waals surface area contributed by atoms with Gasteiger partial charge in [0, 0.05) is 23.9 Å². The van der Waals surface area contributed by atoms with E-state index < -0.39 is 0 Å². The van der Waals surface area contributed by atoms with E-state index in [1.165, 1.54) is 6.20 Å². The van der Waals surface area contributed by atoms with Gasteiger partial charge in [-0.3, -0.25) is 4.79 Å². The summed E-state index contributed by atoms with van der Waals surface area (Å²) in [6.07, 6.45) is 1.53. The minimum Gasteiger partial charge on any atom is -0.326 e. The second-order valence-electron chi connectivity index (χ2n) is 4.35. The van der Waals surface area contributed by atoms with Gasteiger partial charge in [-0.1, -0.05) is 36.4 Å². The van der Waals surface area contributed by atoms with Crippen molar-refractivity contribution in [2.45, 2.75) is 6.54 Å². The highest BCUT2D eigenvalue weighted by molar-refractivity contribution is 5.86. The summed E-state index contributed by atoms with van der Waals surface area (Å²) in [7, 11) is 0. The molecule has 19 heavy (non-hydrogen) atoms. The highest BCUT2D eigenvalue weighted by atomic mass is 16.1. The molecule has 3 rings (SSSR count). The van der Waals surface area contributed by atoms with Gasteiger partial charge in [0.2, 0.25) is 0 Å². The lowest BCUT2D eigenvalue weighted by atomic mass is 10.1. The van der Waals surface area contributed by atoms with Crippen LogP contribution in [0.15, 0.2) is 53.5 Å². The lowest BCUT2D eigenvalue weighted by molar-refractivity contribution is 0.979. The molecule has 0 radical (unpaired) electrons. The van der Waals surface area contributed by atoms with Gasteiger partial charge in [0.1, 0.15) is 5.82 Å². The highest BCUT2D eigenvalue weighted by Gasteiger charge is 2.04. The van der Waals surface area contributed by atoms with Crippen LogP contribution in [-0.2, 0) is 6.54 Å². The average Bonchev–Trinajstić information content (AvgIpc) is 2.46. The number of benzene rings is 2. The molecular formula is C15H13N3O. The Hall–Kier alpha value is -2.46. The number of hydrogen-bond acceptors (Lipinski definition) is 3. The van der Waals surface area contributed by atoms with Crippen molar-refractivity contribution in [3.63, 3.8) is 0 Å². The van der Waals surface area contributed by atoms with Crippen LogP contribution in [0.1, 0.15) is 5.56 Å². The monoisotopic (exact) mass is 251 g/mol. The van der Waals surface area contributed by atoms with Gasteiger partial charge in [-0.25, -0.2) is 4.98 Å². The second-order valence-corrected chi connectivity index (χ2v) is 4.35. The molecule has 1 aromatic heterocycles. The van der Waals surface area contributed by atoms with Crippen molar-refractivity contribution in [1.82, 2.24) is 9.97 Å². The van der Waals surface area contributed by atoms with Gasteiger partial charge in [0.15, 0.2) is 0 Å². The number of H-pyrrole nitrogens is 1. The molecular weight excluding hydrogens is 238 g/mol. The maximum atomic E-state index is 11.7. The van der Waals surface area contributed by atoms with E-state index in [4.69, 9.17) is 5.73 Å². The molecule has 0 aliphatic rings. The molecule has 0 spiro atoms. The Morgan fingerprint density at radius 2 is 1.89 bits per heavy atom. The van der Waals surface area contributed by atoms with Crippen molar-refractivity contribution in [3.8, 4) is 11.4 Å². The maximum absolute atomic E-state index is 11.7. The van der Waals surface area contributed by atoms with Gasteiger partial charge in [-0.15, -0.1) is 0 Å². The zero-order chi connectivity index (χ0) is 13.2. The quantitative estimate of drug-likeness (QED) is 0.732. The van der Waals surface area contributed by atoms with Gasteiger partial charge in [-0.05, 0) is 16.8 Å². The summed E-state index contributed by atoms with van der Waals surface area (Å²) in [5.74, 6) is 0.563. The molecule has 4 heteroatoms. The van der Waals surface area contributed by atoms with Crippen molar-refractivity contribution < 1.29 is 0 Å². The maximum Gasteiger partial charge on any atom is 0.255 e. The Labute approximate surface area is 109 Å². The number of aromatic amines is 1. The number of nitrogens with zero attached hydrogens (tertiary/aromatic N) is 1. The molecule has 94 valence electrons. The summed E-state index contributed by atoms with van der Waals surface area (Å²) < 4.78 is 0. The third kappa shape index (κ3) is 2.13. The summed E-state index contributed by atoms with van der Waals surface area (Å²) in [5.41, 5.74) is 6.65.